The first-order valence-corrected chi connectivity index (χ1v) is 14.9. The first-order chi connectivity index (χ1) is 20.9. The summed E-state index contributed by atoms with van der Waals surface area (Å²) in [7, 11) is 1.54. The van der Waals surface area contributed by atoms with Crippen molar-refractivity contribution in [2.75, 3.05) is 7.11 Å². The van der Waals surface area contributed by atoms with Gasteiger partial charge >= 0.3 is 29.9 Å². The third kappa shape index (κ3) is 9.06. The Hall–Kier alpha value is -2.13. The maximum Gasteiger partial charge on any atom is 0.460 e. The van der Waals surface area contributed by atoms with Gasteiger partial charge in [-0.1, -0.05) is 38.5 Å². The normalized spacial score (nSPS) is 14.8. The fraction of sp³-hybridized carbons (Fsp3) is 0.700. The van der Waals surface area contributed by atoms with Gasteiger partial charge < -0.3 is 21.7 Å². The number of ether oxygens (including phenoxy) is 1. The molecule has 0 aliphatic heterocycles. The number of rotatable bonds is 19. The average Bonchev–Trinajstić information content (AvgIpc) is 3.71. The van der Waals surface area contributed by atoms with E-state index in [1.54, 1.807) is 6.07 Å². The molecule has 0 amide bonds. The second-order valence-corrected chi connectivity index (χ2v) is 11.6. The van der Waals surface area contributed by atoms with Crippen LogP contribution in [-0.4, -0.2) is 41.5 Å². The Balaban J connectivity index is 0.00000736. The summed E-state index contributed by atoms with van der Waals surface area (Å²) >= 11 is 0. The molecular weight excluding hydrogens is 712 g/mol. The molecule has 0 saturated heterocycles. The van der Waals surface area contributed by atoms with Gasteiger partial charge in [-0.25, -0.2) is 13.5 Å². The maximum absolute atomic E-state index is 13.8. The highest BCUT2D eigenvalue weighted by Crippen LogP contribution is 2.58. The van der Waals surface area contributed by atoms with Crippen LogP contribution in [-0.2, 0) is 13.1 Å². The SMILES string of the molecule is COc1ccc(F)cc1C[n+]1ccn(CCCCCCCCCCCC(F)(F)C(F)(F)C(F)(F)C(F)(F)C(F)(F)F)c1C1CC1.[Br-]. The van der Waals surface area contributed by atoms with Gasteiger partial charge in [0.05, 0.1) is 19.6 Å². The Morgan fingerprint density at radius 3 is 1.83 bits per heavy atom. The number of aryl methyl sites for hydroxylation is 1. The Kier molecular flexibility index (Phi) is 13.8. The molecule has 1 aliphatic carbocycles. The summed E-state index contributed by atoms with van der Waals surface area (Å²) in [5.41, 5.74) is 0.737. The summed E-state index contributed by atoms with van der Waals surface area (Å²) < 4.78 is 167. The van der Waals surface area contributed by atoms with Gasteiger partial charge in [0.25, 0.3) is 5.82 Å². The zero-order valence-electron chi connectivity index (χ0n) is 25.1. The number of methoxy groups -OCH3 is 1. The molecule has 0 unspecified atom stereocenters. The number of hydrogen-bond donors (Lipinski definition) is 0. The van der Waals surface area contributed by atoms with Crippen LogP contribution < -0.4 is 26.3 Å². The zero-order valence-corrected chi connectivity index (χ0v) is 26.7. The number of unbranched alkanes of at least 4 members (excludes halogenated alkanes) is 8. The monoisotopic (exact) mass is 748 g/mol. The van der Waals surface area contributed by atoms with Crippen LogP contribution in [0.3, 0.4) is 0 Å². The molecule has 2 aromatic rings. The van der Waals surface area contributed by atoms with Crippen molar-refractivity contribution >= 4 is 0 Å². The molecule has 0 atom stereocenters. The lowest BCUT2D eigenvalue weighted by molar-refractivity contribution is -0.695. The fourth-order valence-corrected chi connectivity index (χ4v) is 5.29. The van der Waals surface area contributed by atoms with E-state index in [2.05, 4.69) is 9.13 Å². The number of benzene rings is 1. The minimum absolute atomic E-state index is 0. The quantitative estimate of drug-likeness (QED) is 0.0874. The summed E-state index contributed by atoms with van der Waals surface area (Å²) in [6.45, 7) is 1.26. The predicted molar refractivity (Wildman–Crippen MR) is 141 cm³/mol. The summed E-state index contributed by atoms with van der Waals surface area (Å²) in [6.07, 6.45) is 1.12. The van der Waals surface area contributed by atoms with E-state index in [0.717, 1.165) is 50.6 Å². The lowest BCUT2D eigenvalue weighted by Gasteiger charge is -2.37. The van der Waals surface area contributed by atoms with Crippen molar-refractivity contribution in [2.45, 2.75) is 126 Å². The van der Waals surface area contributed by atoms with E-state index >= 15 is 0 Å². The van der Waals surface area contributed by atoms with Gasteiger partial charge in [-0.2, -0.15) is 48.3 Å². The van der Waals surface area contributed by atoms with Crippen molar-refractivity contribution in [2.24, 2.45) is 0 Å². The minimum atomic E-state index is -7.34. The molecule has 1 aromatic carbocycles. The lowest BCUT2D eigenvalue weighted by atomic mass is 9.94. The standard InChI is InChI=1S/C30H37F12N2O.BrH/c1-45-24-14-13-23(31)19-22(24)20-44-18-17-43(25(44)21-11-12-21)16-10-8-6-4-2-3-5-7-9-15-26(32,33)27(34,35)28(36,37)29(38,39)30(40,41)42;/h13-14,17-19,21H,2-12,15-16,20H2,1H3;1H/q+1;/p-1. The maximum atomic E-state index is 13.8. The summed E-state index contributed by atoms with van der Waals surface area (Å²) in [5.74, 6) is -25.5. The predicted octanol–water partition coefficient (Wildman–Crippen LogP) is 6.86. The van der Waals surface area contributed by atoms with Gasteiger partial charge in [-0.3, -0.25) is 0 Å². The molecule has 1 aliphatic rings. The molecule has 16 heteroatoms. The fourth-order valence-electron chi connectivity index (χ4n) is 5.29. The molecule has 1 heterocycles. The van der Waals surface area contributed by atoms with E-state index in [9.17, 15) is 52.7 Å². The highest BCUT2D eigenvalue weighted by atomic mass is 79.9. The van der Waals surface area contributed by atoms with E-state index in [1.807, 2.05) is 12.4 Å². The molecule has 1 fully saturated rings. The van der Waals surface area contributed by atoms with E-state index in [0.29, 0.717) is 31.1 Å². The minimum Gasteiger partial charge on any atom is -1.00 e. The van der Waals surface area contributed by atoms with Gasteiger partial charge in [-0.05, 0) is 50.3 Å². The first-order valence-electron chi connectivity index (χ1n) is 14.9. The van der Waals surface area contributed by atoms with Crippen LogP contribution in [0, 0.1) is 5.82 Å². The Morgan fingerprint density at radius 2 is 1.30 bits per heavy atom. The molecule has 46 heavy (non-hydrogen) atoms. The molecule has 264 valence electrons. The number of alkyl halides is 11. The van der Waals surface area contributed by atoms with Crippen molar-refractivity contribution < 1.29 is 79.0 Å². The van der Waals surface area contributed by atoms with Crippen molar-refractivity contribution in [3.8, 4) is 5.75 Å². The third-order valence-corrected chi connectivity index (χ3v) is 8.03. The van der Waals surface area contributed by atoms with E-state index in [1.165, 1.54) is 25.1 Å². The number of hydrogen-bond acceptors (Lipinski definition) is 1. The topological polar surface area (TPSA) is 18.0 Å². The smallest absolute Gasteiger partial charge is 0.460 e. The molecule has 0 bridgehead atoms. The van der Waals surface area contributed by atoms with E-state index < -0.39 is 42.7 Å². The van der Waals surface area contributed by atoms with Gasteiger partial charge in [-0.15, -0.1) is 0 Å². The zero-order chi connectivity index (χ0) is 33.7. The molecular formula is C30H37BrF12N2O. The lowest BCUT2D eigenvalue weighted by Crippen LogP contribution is -3.00. The molecule has 0 radical (unpaired) electrons. The summed E-state index contributed by atoms with van der Waals surface area (Å²) in [4.78, 5) is 0. The van der Waals surface area contributed by atoms with Crippen LogP contribution in [0.4, 0.5) is 52.7 Å². The van der Waals surface area contributed by atoms with Gasteiger partial charge in [0.1, 0.15) is 30.5 Å². The largest absolute Gasteiger partial charge is 1.00 e. The van der Waals surface area contributed by atoms with Crippen LogP contribution in [0.25, 0.3) is 0 Å². The highest BCUT2D eigenvalue weighted by molar-refractivity contribution is 5.33. The Labute approximate surface area is 270 Å². The first kappa shape index (κ1) is 40.0. The molecule has 3 rings (SSSR count). The van der Waals surface area contributed by atoms with Gasteiger partial charge in [0.2, 0.25) is 0 Å². The van der Waals surface area contributed by atoms with Gasteiger partial charge in [0, 0.05) is 12.0 Å². The van der Waals surface area contributed by atoms with Crippen molar-refractivity contribution in [3.05, 3.63) is 47.8 Å². The third-order valence-electron chi connectivity index (χ3n) is 8.03. The molecule has 0 N–H and O–H groups in total. The van der Waals surface area contributed by atoms with Crippen molar-refractivity contribution in [3.63, 3.8) is 0 Å². The highest BCUT2D eigenvalue weighted by Gasteiger charge is 2.86. The number of imidazole rings is 1. The van der Waals surface area contributed by atoms with Crippen LogP contribution in [0.5, 0.6) is 5.75 Å². The number of halogens is 13. The Morgan fingerprint density at radius 1 is 0.761 bits per heavy atom. The Bertz CT molecular complexity index is 1240. The number of nitrogens with zero attached hydrogens (tertiary/aromatic N) is 2. The molecule has 1 saturated carbocycles. The van der Waals surface area contributed by atoms with Crippen LogP contribution in [0.2, 0.25) is 0 Å². The van der Waals surface area contributed by atoms with E-state index in [4.69, 9.17) is 4.74 Å². The van der Waals surface area contributed by atoms with Crippen LogP contribution in [0.1, 0.15) is 94.4 Å². The van der Waals surface area contributed by atoms with Crippen LogP contribution >= 0.6 is 0 Å². The molecule has 3 nitrogen and oxygen atoms in total. The van der Waals surface area contributed by atoms with E-state index in [-0.39, 0.29) is 35.6 Å². The number of aromatic nitrogens is 2. The molecule has 1 aromatic heterocycles. The van der Waals surface area contributed by atoms with Crippen molar-refractivity contribution in [1.82, 2.24) is 4.57 Å². The second kappa shape index (κ2) is 15.8. The van der Waals surface area contributed by atoms with Crippen molar-refractivity contribution in [1.29, 1.82) is 0 Å². The van der Waals surface area contributed by atoms with Gasteiger partial charge in [0.15, 0.2) is 0 Å². The average molecular weight is 750 g/mol. The summed E-state index contributed by atoms with van der Waals surface area (Å²) in [6, 6.07) is 4.40. The molecule has 0 spiro atoms. The van der Waals surface area contributed by atoms with Crippen LogP contribution in [0.15, 0.2) is 30.6 Å². The second-order valence-electron chi connectivity index (χ2n) is 11.6. The summed E-state index contributed by atoms with van der Waals surface area (Å²) in [5, 5.41) is 0.